The molecule has 2 heterocycles. The fourth-order valence-corrected chi connectivity index (χ4v) is 3.06. The molecule has 0 bridgehead atoms. The fraction of sp³-hybridized carbons (Fsp3) is 0. The molecule has 136 valence electrons. The van der Waals surface area contributed by atoms with Gasteiger partial charge in [0.1, 0.15) is 0 Å². The summed E-state index contributed by atoms with van der Waals surface area (Å²) in [6.45, 7) is 0. The normalized spacial score (nSPS) is 9.96. The molecule has 0 fully saturated rings. The molecule has 4 aromatic rings. The Morgan fingerprint density at radius 3 is 2.36 bits per heavy atom. The van der Waals surface area contributed by atoms with Crippen molar-refractivity contribution < 1.29 is 5.48 Å². The molecule has 0 saturated heterocycles. The van der Waals surface area contributed by atoms with Gasteiger partial charge in [-0.05, 0) is 53.6 Å². The molecule has 0 unspecified atom stereocenters. The van der Waals surface area contributed by atoms with Crippen LogP contribution >= 0.6 is 0 Å². The van der Waals surface area contributed by atoms with E-state index in [1.54, 1.807) is 29.1 Å². The van der Waals surface area contributed by atoms with Crippen LogP contribution in [-0.2, 0) is 0 Å². The first kappa shape index (κ1) is 18.8. The second kappa shape index (κ2) is 8.12. The Labute approximate surface area is 162 Å². The van der Waals surface area contributed by atoms with Crippen LogP contribution in [0.4, 0.5) is 0 Å². The highest BCUT2D eigenvalue weighted by molar-refractivity contribution is 5.77. The van der Waals surface area contributed by atoms with Gasteiger partial charge in [0.25, 0.3) is 5.56 Å². The highest BCUT2D eigenvalue weighted by Crippen LogP contribution is 2.30. The lowest BCUT2D eigenvalue weighted by molar-refractivity contribution is 0.824. The van der Waals surface area contributed by atoms with Crippen molar-refractivity contribution in [2.45, 2.75) is 0 Å². The highest BCUT2D eigenvalue weighted by Gasteiger charge is 2.10. The predicted molar refractivity (Wildman–Crippen MR) is 109 cm³/mol. The van der Waals surface area contributed by atoms with Crippen LogP contribution in [0, 0.1) is 11.3 Å². The van der Waals surface area contributed by atoms with Gasteiger partial charge >= 0.3 is 0 Å². The smallest absolute Gasteiger partial charge is 0.255 e. The Morgan fingerprint density at radius 2 is 1.61 bits per heavy atom. The first-order valence-corrected chi connectivity index (χ1v) is 8.50. The van der Waals surface area contributed by atoms with Crippen LogP contribution in [0.5, 0.6) is 0 Å². The third-order valence-corrected chi connectivity index (χ3v) is 4.34. The third kappa shape index (κ3) is 3.58. The van der Waals surface area contributed by atoms with Crippen LogP contribution in [0.15, 0.2) is 96.1 Å². The van der Waals surface area contributed by atoms with Crippen molar-refractivity contribution in [3.63, 3.8) is 0 Å². The molecule has 0 atom stereocenters. The van der Waals surface area contributed by atoms with Crippen molar-refractivity contribution in [1.82, 2.24) is 9.55 Å². The summed E-state index contributed by atoms with van der Waals surface area (Å²) in [5.74, 6) is 0. The highest BCUT2D eigenvalue weighted by atomic mass is 16.1. The summed E-state index contributed by atoms with van der Waals surface area (Å²) < 4.78 is 1.59. The van der Waals surface area contributed by atoms with Crippen LogP contribution in [-0.4, -0.2) is 15.0 Å². The number of hydrogen-bond acceptors (Lipinski definition) is 3. The van der Waals surface area contributed by atoms with Gasteiger partial charge in [0.05, 0.1) is 17.3 Å². The van der Waals surface area contributed by atoms with Crippen molar-refractivity contribution in [1.29, 1.82) is 5.26 Å². The van der Waals surface area contributed by atoms with E-state index in [1.807, 2.05) is 60.7 Å². The quantitative estimate of drug-likeness (QED) is 0.554. The van der Waals surface area contributed by atoms with Gasteiger partial charge in [-0.3, -0.25) is 14.3 Å². The first-order chi connectivity index (χ1) is 13.3. The van der Waals surface area contributed by atoms with E-state index in [0.717, 1.165) is 28.1 Å². The van der Waals surface area contributed by atoms with Crippen molar-refractivity contribution in [2.24, 2.45) is 0 Å². The van der Waals surface area contributed by atoms with Gasteiger partial charge in [-0.25, -0.2) is 0 Å². The van der Waals surface area contributed by atoms with Gasteiger partial charge in [0.2, 0.25) is 0 Å². The van der Waals surface area contributed by atoms with Crippen LogP contribution < -0.4 is 5.56 Å². The summed E-state index contributed by atoms with van der Waals surface area (Å²) in [7, 11) is 0. The first-order valence-electron chi connectivity index (χ1n) is 8.50. The number of nitriles is 1. The largest absolute Gasteiger partial charge is 0.412 e. The Morgan fingerprint density at radius 1 is 0.857 bits per heavy atom. The Hall–Kier alpha value is -4.01. The molecule has 0 aliphatic carbocycles. The average molecular weight is 367 g/mol. The molecule has 5 nitrogen and oxygen atoms in total. The standard InChI is InChI=1S/C23H15N3O.H2O/c24-16-17-7-1-2-8-21(17)18-13-19(22-9-3-5-11-25-22)15-20(14-18)26-12-6-4-10-23(26)27;/h1-15H;1H2. The van der Waals surface area contributed by atoms with E-state index in [1.165, 1.54) is 6.07 Å². The summed E-state index contributed by atoms with van der Waals surface area (Å²) in [5.41, 5.74) is 4.57. The maximum absolute atomic E-state index is 12.3. The third-order valence-electron chi connectivity index (χ3n) is 4.34. The van der Waals surface area contributed by atoms with Gasteiger partial charge < -0.3 is 5.48 Å². The van der Waals surface area contributed by atoms with Crippen LogP contribution in [0.25, 0.3) is 28.1 Å². The minimum absolute atomic E-state index is 0. The summed E-state index contributed by atoms with van der Waals surface area (Å²) in [4.78, 5) is 16.8. The van der Waals surface area contributed by atoms with E-state index in [-0.39, 0.29) is 11.0 Å². The van der Waals surface area contributed by atoms with Crippen LogP contribution in [0.3, 0.4) is 0 Å². The molecule has 28 heavy (non-hydrogen) atoms. The molecule has 2 aromatic heterocycles. The molecule has 2 N–H and O–H groups in total. The SMILES string of the molecule is N#Cc1ccccc1-c1cc(-c2ccccn2)cc(-n2ccccc2=O)c1.O. The second-order valence-corrected chi connectivity index (χ2v) is 6.05. The molecular weight excluding hydrogens is 350 g/mol. The van der Waals surface area contributed by atoms with Crippen molar-refractivity contribution in [3.8, 4) is 34.1 Å². The molecule has 0 radical (unpaired) electrons. The Balaban J connectivity index is 0.00000225. The number of benzene rings is 2. The maximum atomic E-state index is 12.3. The summed E-state index contributed by atoms with van der Waals surface area (Å²) in [6, 6.07) is 26.3. The van der Waals surface area contributed by atoms with Gasteiger partial charge in [0, 0.05) is 29.7 Å². The van der Waals surface area contributed by atoms with Gasteiger partial charge in [-0.15, -0.1) is 0 Å². The van der Waals surface area contributed by atoms with Crippen LogP contribution in [0.1, 0.15) is 5.56 Å². The number of aromatic nitrogens is 2. The van der Waals surface area contributed by atoms with E-state index in [2.05, 4.69) is 11.1 Å². The summed E-state index contributed by atoms with van der Waals surface area (Å²) in [5, 5.41) is 9.48. The monoisotopic (exact) mass is 367 g/mol. The molecular formula is C23H17N3O2. The number of nitrogens with zero attached hydrogens (tertiary/aromatic N) is 3. The Bertz CT molecular complexity index is 1210. The lowest BCUT2D eigenvalue weighted by atomic mass is 9.96. The van der Waals surface area contributed by atoms with Gasteiger partial charge in [-0.2, -0.15) is 5.26 Å². The van der Waals surface area contributed by atoms with E-state index in [9.17, 15) is 10.1 Å². The van der Waals surface area contributed by atoms with E-state index < -0.39 is 0 Å². The lowest BCUT2D eigenvalue weighted by Crippen LogP contribution is -2.15. The molecule has 5 heteroatoms. The van der Waals surface area contributed by atoms with Crippen molar-refractivity contribution in [3.05, 3.63) is 107 Å². The minimum atomic E-state index is -0.116. The molecule has 0 aliphatic heterocycles. The second-order valence-electron chi connectivity index (χ2n) is 6.05. The Kier molecular flexibility index (Phi) is 5.45. The predicted octanol–water partition coefficient (Wildman–Crippen LogP) is 3.61. The topological polar surface area (TPSA) is 90.2 Å². The van der Waals surface area contributed by atoms with Crippen molar-refractivity contribution in [2.75, 3.05) is 0 Å². The number of pyridine rings is 2. The van der Waals surface area contributed by atoms with E-state index in [0.29, 0.717) is 5.56 Å². The van der Waals surface area contributed by atoms with E-state index >= 15 is 0 Å². The lowest BCUT2D eigenvalue weighted by Gasteiger charge is -2.12. The molecule has 2 aromatic carbocycles. The molecule has 0 saturated carbocycles. The van der Waals surface area contributed by atoms with Crippen LogP contribution in [0.2, 0.25) is 0 Å². The summed E-state index contributed by atoms with van der Waals surface area (Å²) in [6.07, 6.45) is 3.47. The molecule has 0 amide bonds. The van der Waals surface area contributed by atoms with Crippen molar-refractivity contribution >= 4 is 0 Å². The molecule has 0 spiro atoms. The molecule has 4 rings (SSSR count). The van der Waals surface area contributed by atoms with Gasteiger partial charge in [0.15, 0.2) is 0 Å². The number of hydrogen-bond donors (Lipinski definition) is 0. The molecule has 0 aliphatic rings. The minimum Gasteiger partial charge on any atom is -0.412 e. The average Bonchev–Trinajstić information content (AvgIpc) is 2.74. The van der Waals surface area contributed by atoms with E-state index in [4.69, 9.17) is 0 Å². The number of rotatable bonds is 3. The van der Waals surface area contributed by atoms with Gasteiger partial charge in [-0.1, -0.05) is 30.3 Å². The fourth-order valence-electron chi connectivity index (χ4n) is 3.06. The maximum Gasteiger partial charge on any atom is 0.255 e. The summed E-state index contributed by atoms with van der Waals surface area (Å²) >= 11 is 0. The zero-order valence-corrected chi connectivity index (χ0v) is 14.9. The zero-order chi connectivity index (χ0) is 18.6. The zero-order valence-electron chi connectivity index (χ0n) is 14.9.